The van der Waals surface area contributed by atoms with E-state index in [2.05, 4.69) is 4.72 Å². The predicted molar refractivity (Wildman–Crippen MR) is 69.4 cm³/mol. The summed E-state index contributed by atoms with van der Waals surface area (Å²) in [6.45, 7) is 3.50. The van der Waals surface area contributed by atoms with E-state index in [1.165, 1.54) is 11.4 Å². The van der Waals surface area contributed by atoms with Gasteiger partial charge >= 0.3 is 0 Å². The van der Waals surface area contributed by atoms with E-state index in [0.29, 0.717) is 26.1 Å². The van der Waals surface area contributed by atoms with Gasteiger partial charge in [0.05, 0.1) is 6.10 Å². The fourth-order valence-corrected chi connectivity index (χ4v) is 3.13. The van der Waals surface area contributed by atoms with Crippen molar-refractivity contribution in [3.8, 4) is 0 Å². The van der Waals surface area contributed by atoms with Crippen molar-refractivity contribution in [2.24, 2.45) is 5.92 Å². The molecule has 1 aliphatic heterocycles. The van der Waals surface area contributed by atoms with E-state index in [0.717, 1.165) is 12.8 Å². The van der Waals surface area contributed by atoms with Crippen LogP contribution in [0, 0.1) is 5.92 Å². The Bertz CT molecular complexity index is 334. The molecule has 1 heterocycles. The Morgan fingerprint density at radius 3 is 2.83 bits per heavy atom. The van der Waals surface area contributed by atoms with Gasteiger partial charge in [-0.1, -0.05) is 6.92 Å². The van der Waals surface area contributed by atoms with Crippen LogP contribution in [0.5, 0.6) is 0 Å². The Hall–Kier alpha value is -0.210. The number of aliphatic hydroxyl groups is 1. The molecule has 18 heavy (non-hydrogen) atoms. The van der Waals surface area contributed by atoms with Gasteiger partial charge in [-0.05, 0) is 19.3 Å². The van der Waals surface area contributed by atoms with Crippen LogP contribution in [-0.2, 0) is 14.9 Å². The van der Waals surface area contributed by atoms with Crippen LogP contribution in [0.25, 0.3) is 0 Å². The summed E-state index contributed by atoms with van der Waals surface area (Å²) >= 11 is 0. The van der Waals surface area contributed by atoms with Crippen molar-refractivity contribution in [2.75, 3.05) is 33.4 Å². The van der Waals surface area contributed by atoms with E-state index < -0.39 is 10.2 Å². The van der Waals surface area contributed by atoms with E-state index in [9.17, 15) is 8.42 Å². The zero-order valence-corrected chi connectivity index (χ0v) is 11.9. The number of rotatable bonds is 8. The molecule has 7 heteroatoms. The Kier molecular flexibility index (Phi) is 6.51. The fraction of sp³-hybridized carbons (Fsp3) is 1.00. The van der Waals surface area contributed by atoms with E-state index in [-0.39, 0.29) is 18.6 Å². The minimum absolute atomic E-state index is 0.00572. The third-order valence-electron chi connectivity index (χ3n) is 3.32. The summed E-state index contributed by atoms with van der Waals surface area (Å²) in [5.74, 6) is 0.260. The zero-order chi connectivity index (χ0) is 13.6. The number of aliphatic hydroxyl groups excluding tert-OH is 1. The van der Waals surface area contributed by atoms with Gasteiger partial charge < -0.3 is 9.84 Å². The second-order valence-corrected chi connectivity index (χ2v) is 6.48. The van der Waals surface area contributed by atoms with Crippen LogP contribution < -0.4 is 4.72 Å². The van der Waals surface area contributed by atoms with Crippen molar-refractivity contribution in [3.05, 3.63) is 0 Å². The molecule has 0 aliphatic carbocycles. The lowest BCUT2D eigenvalue weighted by molar-refractivity contribution is 0.0884. The smallest absolute Gasteiger partial charge is 0.279 e. The third-order valence-corrected chi connectivity index (χ3v) is 4.85. The topological polar surface area (TPSA) is 78.9 Å². The first kappa shape index (κ1) is 15.8. The van der Waals surface area contributed by atoms with Gasteiger partial charge in [0, 0.05) is 39.3 Å². The van der Waals surface area contributed by atoms with Gasteiger partial charge in [-0.2, -0.15) is 12.7 Å². The van der Waals surface area contributed by atoms with Crippen LogP contribution in [0.2, 0.25) is 0 Å². The Labute approximate surface area is 109 Å². The summed E-state index contributed by atoms with van der Waals surface area (Å²) in [4.78, 5) is 0. The molecule has 0 aromatic heterocycles. The highest BCUT2D eigenvalue weighted by atomic mass is 32.2. The van der Waals surface area contributed by atoms with Crippen molar-refractivity contribution in [2.45, 2.75) is 32.3 Å². The van der Waals surface area contributed by atoms with Gasteiger partial charge in [-0.25, -0.2) is 4.72 Å². The van der Waals surface area contributed by atoms with E-state index in [1.807, 2.05) is 6.92 Å². The molecule has 1 fully saturated rings. The van der Waals surface area contributed by atoms with Crippen molar-refractivity contribution < 1.29 is 18.3 Å². The standard InChI is InChI=1S/C11H24N2O4S/c1-3-11-10(5-8-17-11)9-12-18(15,16)13(2)6-4-7-14/h10-12,14H,3-9H2,1-2H3. The monoisotopic (exact) mass is 280 g/mol. The van der Waals surface area contributed by atoms with Crippen LogP contribution >= 0.6 is 0 Å². The lowest BCUT2D eigenvalue weighted by atomic mass is 10.0. The fourth-order valence-electron chi connectivity index (χ4n) is 2.11. The molecular weight excluding hydrogens is 256 g/mol. The highest BCUT2D eigenvalue weighted by Crippen LogP contribution is 2.22. The number of nitrogens with one attached hydrogen (secondary N) is 1. The normalized spacial score (nSPS) is 24.9. The zero-order valence-electron chi connectivity index (χ0n) is 11.1. The van der Waals surface area contributed by atoms with Gasteiger partial charge in [0.15, 0.2) is 0 Å². The molecule has 2 atom stereocenters. The first-order valence-electron chi connectivity index (χ1n) is 6.44. The summed E-state index contributed by atoms with van der Waals surface area (Å²) in [7, 11) is -1.92. The summed E-state index contributed by atoms with van der Waals surface area (Å²) in [5.41, 5.74) is 0. The van der Waals surface area contributed by atoms with Crippen LogP contribution in [-0.4, -0.2) is 57.3 Å². The molecule has 1 saturated heterocycles. The Morgan fingerprint density at radius 2 is 2.22 bits per heavy atom. The van der Waals surface area contributed by atoms with E-state index in [4.69, 9.17) is 9.84 Å². The molecule has 0 saturated carbocycles. The maximum absolute atomic E-state index is 11.9. The molecule has 108 valence electrons. The van der Waals surface area contributed by atoms with Crippen LogP contribution in [0.4, 0.5) is 0 Å². The molecule has 0 radical (unpaired) electrons. The van der Waals surface area contributed by atoms with Crippen LogP contribution in [0.3, 0.4) is 0 Å². The van der Waals surface area contributed by atoms with E-state index in [1.54, 1.807) is 0 Å². The van der Waals surface area contributed by atoms with Crippen molar-refractivity contribution >= 4 is 10.2 Å². The minimum atomic E-state index is -3.43. The number of hydrogen-bond donors (Lipinski definition) is 2. The molecule has 0 amide bonds. The van der Waals surface area contributed by atoms with Crippen LogP contribution in [0.15, 0.2) is 0 Å². The van der Waals surface area contributed by atoms with Gasteiger partial charge in [-0.3, -0.25) is 0 Å². The molecule has 2 unspecified atom stereocenters. The highest BCUT2D eigenvalue weighted by Gasteiger charge is 2.28. The lowest BCUT2D eigenvalue weighted by Crippen LogP contribution is -2.42. The Balaban J connectivity index is 2.41. The lowest BCUT2D eigenvalue weighted by Gasteiger charge is -2.21. The van der Waals surface area contributed by atoms with E-state index >= 15 is 0 Å². The first-order valence-corrected chi connectivity index (χ1v) is 7.88. The molecule has 1 aliphatic rings. The number of hydrogen-bond acceptors (Lipinski definition) is 4. The summed E-state index contributed by atoms with van der Waals surface area (Å²) in [5, 5.41) is 8.69. The largest absolute Gasteiger partial charge is 0.396 e. The summed E-state index contributed by atoms with van der Waals surface area (Å²) in [6, 6.07) is 0. The summed E-state index contributed by atoms with van der Waals surface area (Å²) < 4.78 is 33.1. The van der Waals surface area contributed by atoms with Gasteiger partial charge in [0.25, 0.3) is 10.2 Å². The summed E-state index contributed by atoms with van der Waals surface area (Å²) in [6.07, 6.45) is 2.42. The molecule has 0 bridgehead atoms. The van der Waals surface area contributed by atoms with Crippen molar-refractivity contribution in [3.63, 3.8) is 0 Å². The Morgan fingerprint density at radius 1 is 1.50 bits per heavy atom. The minimum Gasteiger partial charge on any atom is -0.396 e. The van der Waals surface area contributed by atoms with Gasteiger partial charge in [0.1, 0.15) is 0 Å². The highest BCUT2D eigenvalue weighted by molar-refractivity contribution is 7.87. The van der Waals surface area contributed by atoms with Crippen LogP contribution in [0.1, 0.15) is 26.2 Å². The average Bonchev–Trinajstić information content (AvgIpc) is 2.80. The first-order chi connectivity index (χ1) is 8.51. The SMILES string of the molecule is CCC1OCCC1CNS(=O)(=O)N(C)CCCO. The van der Waals surface area contributed by atoms with Crippen molar-refractivity contribution in [1.82, 2.24) is 9.03 Å². The predicted octanol–water partition coefficient (Wildman–Crippen LogP) is -0.0499. The second-order valence-electron chi connectivity index (χ2n) is 4.62. The molecule has 0 aromatic carbocycles. The second kappa shape index (κ2) is 7.40. The number of ether oxygens (including phenoxy) is 1. The number of nitrogens with zero attached hydrogens (tertiary/aromatic N) is 1. The molecule has 0 spiro atoms. The van der Waals surface area contributed by atoms with Gasteiger partial charge in [-0.15, -0.1) is 0 Å². The molecule has 0 aromatic rings. The maximum atomic E-state index is 11.9. The molecular formula is C11H24N2O4S. The maximum Gasteiger partial charge on any atom is 0.279 e. The van der Waals surface area contributed by atoms with Gasteiger partial charge in [0.2, 0.25) is 0 Å². The third kappa shape index (κ3) is 4.47. The average molecular weight is 280 g/mol. The quantitative estimate of drug-likeness (QED) is 0.653. The molecule has 2 N–H and O–H groups in total. The molecule has 1 rings (SSSR count). The van der Waals surface area contributed by atoms with Crippen molar-refractivity contribution in [1.29, 1.82) is 0 Å². The molecule has 6 nitrogen and oxygen atoms in total.